The molecule has 0 aliphatic heterocycles. The number of carbonyl (C=O) groups excluding carboxylic acids is 1. The Kier molecular flexibility index (Phi) is 5.74. The molecule has 0 radical (unpaired) electrons. The third kappa shape index (κ3) is 5.73. The molecule has 0 aliphatic carbocycles. The Morgan fingerprint density at radius 3 is 2.30 bits per heavy atom. The van der Waals surface area contributed by atoms with E-state index in [2.05, 4.69) is 26.6 Å². The van der Waals surface area contributed by atoms with Crippen LogP contribution in [0.5, 0.6) is 0 Å². The monoisotopic (exact) mass is 350 g/mol. The lowest BCUT2D eigenvalue weighted by Gasteiger charge is -2.19. The molecule has 4 nitrogen and oxygen atoms in total. The summed E-state index contributed by atoms with van der Waals surface area (Å²) in [5.41, 5.74) is -0.805. The van der Waals surface area contributed by atoms with Crippen LogP contribution in [0.25, 0.3) is 0 Å². The summed E-state index contributed by atoms with van der Waals surface area (Å²) < 4.78 is 32.3. The van der Waals surface area contributed by atoms with Crippen LogP contribution in [0.1, 0.15) is 20.8 Å². The second kappa shape index (κ2) is 6.88. The third-order valence-electron chi connectivity index (χ3n) is 2.10. The predicted molar refractivity (Wildman–Crippen MR) is 76.8 cm³/mol. The van der Waals surface area contributed by atoms with Crippen molar-refractivity contribution in [2.45, 2.75) is 26.4 Å². The zero-order valence-corrected chi connectivity index (χ0v) is 13.1. The van der Waals surface area contributed by atoms with Crippen LogP contribution in [0.15, 0.2) is 16.6 Å². The molecule has 0 atom stereocenters. The highest BCUT2D eigenvalue weighted by Crippen LogP contribution is 2.23. The minimum absolute atomic E-state index is 0.175. The maximum absolute atomic E-state index is 13.5. The summed E-state index contributed by atoms with van der Waals surface area (Å²) in [5, 5.41) is 5.07. The summed E-state index contributed by atoms with van der Waals surface area (Å²) in [5.74, 6) is -1.40. The lowest BCUT2D eigenvalue weighted by molar-refractivity contribution is 0.0530. The summed E-state index contributed by atoms with van der Waals surface area (Å²) in [6.07, 6.45) is -0.573. The fraction of sp³-hybridized carbons (Fsp3) is 0.462. The molecular formula is C13H17BrF2N2O2. The first-order valence-corrected chi connectivity index (χ1v) is 6.83. The molecule has 1 rings (SSSR count). The molecule has 0 aromatic heterocycles. The lowest BCUT2D eigenvalue weighted by Crippen LogP contribution is -2.35. The van der Waals surface area contributed by atoms with E-state index < -0.39 is 23.3 Å². The van der Waals surface area contributed by atoms with Crippen molar-refractivity contribution in [1.29, 1.82) is 0 Å². The fourth-order valence-electron chi connectivity index (χ4n) is 1.38. The quantitative estimate of drug-likeness (QED) is 0.814. The van der Waals surface area contributed by atoms with Gasteiger partial charge in [-0.15, -0.1) is 0 Å². The molecular weight excluding hydrogens is 334 g/mol. The van der Waals surface area contributed by atoms with Crippen LogP contribution >= 0.6 is 15.9 Å². The van der Waals surface area contributed by atoms with Crippen molar-refractivity contribution < 1.29 is 18.3 Å². The van der Waals surface area contributed by atoms with Gasteiger partial charge in [-0.05, 0) is 32.9 Å². The molecule has 7 heteroatoms. The first-order valence-electron chi connectivity index (χ1n) is 6.04. The maximum atomic E-state index is 13.5. The van der Waals surface area contributed by atoms with E-state index in [0.29, 0.717) is 4.47 Å². The number of halogens is 3. The molecule has 0 fully saturated rings. The molecule has 0 bridgehead atoms. The minimum atomic E-state index is -0.700. The first-order chi connectivity index (χ1) is 9.19. The van der Waals surface area contributed by atoms with Gasteiger partial charge in [-0.2, -0.15) is 0 Å². The molecule has 2 N–H and O–H groups in total. The van der Waals surface area contributed by atoms with Crippen LogP contribution in [-0.4, -0.2) is 24.8 Å². The van der Waals surface area contributed by atoms with Gasteiger partial charge < -0.3 is 15.4 Å². The van der Waals surface area contributed by atoms with Gasteiger partial charge in [0.2, 0.25) is 0 Å². The van der Waals surface area contributed by atoms with Crippen LogP contribution < -0.4 is 10.6 Å². The zero-order chi connectivity index (χ0) is 15.3. The number of amides is 1. The van der Waals surface area contributed by atoms with E-state index >= 15 is 0 Å². The van der Waals surface area contributed by atoms with Crippen LogP contribution in [0.3, 0.4) is 0 Å². The molecule has 1 amide bonds. The smallest absolute Gasteiger partial charge is 0.407 e. The van der Waals surface area contributed by atoms with Gasteiger partial charge in [-0.3, -0.25) is 0 Å². The molecule has 0 saturated carbocycles. The van der Waals surface area contributed by atoms with Crippen molar-refractivity contribution in [2.75, 3.05) is 18.4 Å². The highest BCUT2D eigenvalue weighted by molar-refractivity contribution is 9.10. The number of carbonyl (C=O) groups is 1. The summed E-state index contributed by atoms with van der Waals surface area (Å²) in [4.78, 5) is 11.3. The minimum Gasteiger partial charge on any atom is -0.444 e. The number of hydrogen-bond acceptors (Lipinski definition) is 3. The SMILES string of the molecule is CC(C)(C)OC(=O)NCCNc1c(F)cc(Br)cc1F. The van der Waals surface area contributed by atoms with E-state index in [-0.39, 0.29) is 18.8 Å². The first kappa shape index (κ1) is 16.7. The Hall–Kier alpha value is -1.37. The number of anilines is 1. The average Bonchev–Trinajstić information content (AvgIpc) is 2.23. The van der Waals surface area contributed by atoms with Crippen molar-refractivity contribution in [1.82, 2.24) is 5.32 Å². The van der Waals surface area contributed by atoms with Gasteiger partial charge in [0.25, 0.3) is 0 Å². The molecule has 112 valence electrons. The highest BCUT2D eigenvalue weighted by atomic mass is 79.9. The number of nitrogens with one attached hydrogen (secondary N) is 2. The molecule has 0 unspecified atom stereocenters. The Bertz CT molecular complexity index is 467. The summed E-state index contributed by atoms with van der Waals surface area (Å²) in [6.45, 7) is 5.60. The van der Waals surface area contributed by atoms with E-state index in [1.54, 1.807) is 20.8 Å². The van der Waals surface area contributed by atoms with Gasteiger partial charge >= 0.3 is 6.09 Å². The Morgan fingerprint density at radius 1 is 1.25 bits per heavy atom. The standard InChI is InChI=1S/C13H17BrF2N2O2/c1-13(2,3)20-12(19)18-5-4-17-11-9(15)6-8(14)7-10(11)16/h6-7,17H,4-5H2,1-3H3,(H,18,19). The number of hydrogen-bond donors (Lipinski definition) is 2. The average molecular weight is 351 g/mol. The Balaban J connectivity index is 2.41. The van der Waals surface area contributed by atoms with Crippen LogP contribution in [-0.2, 0) is 4.74 Å². The van der Waals surface area contributed by atoms with Gasteiger partial charge in [0, 0.05) is 17.6 Å². The van der Waals surface area contributed by atoms with E-state index in [1.165, 1.54) is 0 Å². The predicted octanol–water partition coefficient (Wildman–Crippen LogP) is 3.66. The Morgan fingerprint density at radius 2 is 1.80 bits per heavy atom. The van der Waals surface area contributed by atoms with Gasteiger partial charge in [0.05, 0.1) is 0 Å². The Labute approximate surface area is 125 Å². The number of benzene rings is 1. The lowest BCUT2D eigenvalue weighted by atomic mass is 10.2. The van der Waals surface area contributed by atoms with Crippen molar-refractivity contribution in [3.63, 3.8) is 0 Å². The van der Waals surface area contributed by atoms with Crippen LogP contribution in [0, 0.1) is 11.6 Å². The molecule has 1 aromatic rings. The number of rotatable bonds is 4. The van der Waals surface area contributed by atoms with Crippen molar-refractivity contribution in [2.24, 2.45) is 0 Å². The number of alkyl carbamates (subject to hydrolysis) is 1. The van der Waals surface area contributed by atoms with Gasteiger partial charge in [0.15, 0.2) is 0 Å². The van der Waals surface area contributed by atoms with E-state index in [0.717, 1.165) is 12.1 Å². The van der Waals surface area contributed by atoms with E-state index in [9.17, 15) is 13.6 Å². The third-order valence-corrected chi connectivity index (χ3v) is 2.56. The highest BCUT2D eigenvalue weighted by Gasteiger charge is 2.15. The van der Waals surface area contributed by atoms with Gasteiger partial charge in [-0.25, -0.2) is 13.6 Å². The van der Waals surface area contributed by atoms with E-state index in [4.69, 9.17) is 4.74 Å². The molecule has 1 aromatic carbocycles. The number of ether oxygens (including phenoxy) is 1. The second-order valence-electron chi connectivity index (χ2n) is 5.10. The van der Waals surface area contributed by atoms with Gasteiger partial charge in [-0.1, -0.05) is 15.9 Å². The molecule has 0 spiro atoms. The summed E-state index contributed by atoms with van der Waals surface area (Å²) in [6, 6.07) is 2.32. The van der Waals surface area contributed by atoms with Crippen LogP contribution in [0.4, 0.5) is 19.3 Å². The zero-order valence-electron chi connectivity index (χ0n) is 11.5. The largest absolute Gasteiger partial charge is 0.444 e. The molecule has 0 saturated heterocycles. The normalized spacial score (nSPS) is 11.1. The second-order valence-corrected chi connectivity index (χ2v) is 6.02. The maximum Gasteiger partial charge on any atom is 0.407 e. The fourth-order valence-corrected chi connectivity index (χ4v) is 1.78. The molecule has 20 heavy (non-hydrogen) atoms. The molecule has 0 aliphatic rings. The summed E-state index contributed by atoms with van der Waals surface area (Å²) >= 11 is 2.99. The van der Waals surface area contributed by atoms with Crippen molar-refractivity contribution >= 4 is 27.7 Å². The van der Waals surface area contributed by atoms with E-state index in [1.807, 2.05) is 0 Å². The van der Waals surface area contributed by atoms with Gasteiger partial charge in [0.1, 0.15) is 22.9 Å². The topological polar surface area (TPSA) is 50.4 Å². The van der Waals surface area contributed by atoms with Crippen molar-refractivity contribution in [3.8, 4) is 0 Å². The van der Waals surface area contributed by atoms with Crippen LogP contribution in [0.2, 0.25) is 0 Å². The summed E-state index contributed by atoms with van der Waals surface area (Å²) in [7, 11) is 0. The molecule has 0 heterocycles. The van der Waals surface area contributed by atoms with Crippen molar-refractivity contribution in [3.05, 3.63) is 28.2 Å².